The van der Waals surface area contributed by atoms with Crippen molar-refractivity contribution in [3.63, 3.8) is 0 Å². The maximum Gasteiger partial charge on any atom is 0.387 e. The third-order valence-corrected chi connectivity index (χ3v) is 3.88. The first-order valence-electron chi connectivity index (χ1n) is 6.22. The van der Waals surface area contributed by atoms with Crippen LogP contribution in [0.25, 0.3) is 0 Å². The summed E-state index contributed by atoms with van der Waals surface area (Å²) in [6, 6.07) is 10.6. The van der Waals surface area contributed by atoms with Gasteiger partial charge in [-0.2, -0.15) is 8.78 Å². The van der Waals surface area contributed by atoms with E-state index in [1.807, 2.05) is 17.5 Å². The monoisotopic (exact) mass is 298 g/mol. The summed E-state index contributed by atoms with van der Waals surface area (Å²) < 4.78 is 28.8. The van der Waals surface area contributed by atoms with Crippen molar-refractivity contribution < 1.29 is 13.5 Å². The minimum absolute atomic E-state index is 0.0988. The minimum Gasteiger partial charge on any atom is -0.435 e. The third kappa shape index (κ3) is 4.26. The lowest BCUT2D eigenvalue weighted by Crippen LogP contribution is -2.28. The van der Waals surface area contributed by atoms with Crippen LogP contribution >= 0.6 is 11.3 Å². The van der Waals surface area contributed by atoms with Crippen molar-refractivity contribution in [2.45, 2.75) is 25.5 Å². The van der Waals surface area contributed by atoms with E-state index in [-0.39, 0.29) is 11.8 Å². The highest BCUT2D eigenvalue weighted by molar-refractivity contribution is 7.09. The quantitative estimate of drug-likeness (QED) is 0.607. The van der Waals surface area contributed by atoms with E-state index < -0.39 is 6.61 Å². The van der Waals surface area contributed by atoms with Crippen LogP contribution in [-0.2, 0) is 6.42 Å². The molecule has 3 N–H and O–H groups in total. The van der Waals surface area contributed by atoms with Gasteiger partial charge in [0.1, 0.15) is 5.75 Å². The highest BCUT2D eigenvalue weighted by atomic mass is 32.1. The standard InChI is InChI=1S/C14H16F2N2OS/c15-14(16)19-11-4-1-3-10(9-11)13(18-17)7-6-12-5-2-8-20-12/h1-5,8-9,13-14,18H,6-7,17H2. The van der Waals surface area contributed by atoms with Crippen LogP contribution in [0.4, 0.5) is 8.78 Å². The van der Waals surface area contributed by atoms with E-state index in [0.717, 1.165) is 18.4 Å². The number of hydrogen-bond donors (Lipinski definition) is 2. The molecule has 6 heteroatoms. The van der Waals surface area contributed by atoms with E-state index in [2.05, 4.69) is 16.2 Å². The summed E-state index contributed by atoms with van der Waals surface area (Å²) in [4.78, 5) is 1.27. The van der Waals surface area contributed by atoms with Crippen LogP contribution in [-0.4, -0.2) is 6.61 Å². The van der Waals surface area contributed by atoms with Gasteiger partial charge in [-0.05, 0) is 42.0 Å². The number of rotatable bonds is 7. The van der Waals surface area contributed by atoms with E-state index in [9.17, 15) is 8.78 Å². The molecule has 2 rings (SSSR count). The summed E-state index contributed by atoms with van der Waals surface area (Å²) in [7, 11) is 0. The second kappa shape index (κ2) is 7.33. The number of thiophene rings is 1. The Labute approximate surface area is 120 Å². The first-order chi connectivity index (χ1) is 9.69. The van der Waals surface area contributed by atoms with Gasteiger partial charge in [0.05, 0.1) is 0 Å². The normalized spacial score (nSPS) is 12.6. The molecule has 3 nitrogen and oxygen atoms in total. The molecule has 1 aromatic heterocycles. The first kappa shape index (κ1) is 14.9. The number of aryl methyl sites for hydroxylation is 1. The van der Waals surface area contributed by atoms with Gasteiger partial charge in [-0.15, -0.1) is 11.3 Å². The highest BCUT2D eigenvalue weighted by Gasteiger charge is 2.12. The molecule has 20 heavy (non-hydrogen) atoms. The van der Waals surface area contributed by atoms with Gasteiger partial charge in [0, 0.05) is 10.9 Å². The maximum absolute atomic E-state index is 12.2. The van der Waals surface area contributed by atoms with Gasteiger partial charge >= 0.3 is 6.61 Å². The maximum atomic E-state index is 12.2. The summed E-state index contributed by atoms with van der Waals surface area (Å²) >= 11 is 1.69. The Kier molecular flexibility index (Phi) is 5.46. The van der Waals surface area contributed by atoms with Crippen molar-refractivity contribution in [2.75, 3.05) is 0 Å². The minimum atomic E-state index is -2.82. The van der Waals surface area contributed by atoms with Crippen molar-refractivity contribution in [1.82, 2.24) is 5.43 Å². The lowest BCUT2D eigenvalue weighted by Gasteiger charge is -2.17. The van der Waals surface area contributed by atoms with Crippen LogP contribution < -0.4 is 16.0 Å². The molecule has 1 heterocycles. The smallest absolute Gasteiger partial charge is 0.387 e. The molecule has 0 spiro atoms. The third-order valence-electron chi connectivity index (χ3n) is 2.95. The lowest BCUT2D eigenvalue weighted by molar-refractivity contribution is -0.0499. The van der Waals surface area contributed by atoms with E-state index in [1.54, 1.807) is 23.5 Å². The number of hydrazine groups is 1. The average Bonchev–Trinajstić information content (AvgIpc) is 2.92. The Morgan fingerprint density at radius 3 is 2.75 bits per heavy atom. The van der Waals surface area contributed by atoms with Crippen molar-refractivity contribution in [2.24, 2.45) is 5.84 Å². The van der Waals surface area contributed by atoms with Crippen LogP contribution in [0.3, 0.4) is 0 Å². The fourth-order valence-corrected chi connectivity index (χ4v) is 2.72. The Morgan fingerprint density at radius 2 is 2.10 bits per heavy atom. The molecule has 0 fully saturated rings. The second-order valence-electron chi connectivity index (χ2n) is 4.29. The molecule has 0 radical (unpaired) electrons. The summed E-state index contributed by atoms with van der Waals surface area (Å²) in [6.45, 7) is -2.82. The van der Waals surface area contributed by atoms with Crippen LogP contribution in [0.2, 0.25) is 0 Å². The van der Waals surface area contributed by atoms with Gasteiger partial charge in [-0.25, -0.2) is 0 Å². The largest absolute Gasteiger partial charge is 0.435 e. The molecule has 1 atom stereocenters. The summed E-state index contributed by atoms with van der Waals surface area (Å²) in [5, 5.41) is 2.03. The van der Waals surface area contributed by atoms with Crippen molar-refractivity contribution in [3.05, 3.63) is 52.2 Å². The SMILES string of the molecule is NNC(CCc1cccs1)c1cccc(OC(F)F)c1. The van der Waals surface area contributed by atoms with Crippen LogP contribution in [0, 0.1) is 0 Å². The Bertz CT molecular complexity index is 520. The Hall–Kier alpha value is -1.50. The molecule has 0 aliphatic carbocycles. The number of ether oxygens (including phenoxy) is 1. The fourth-order valence-electron chi connectivity index (χ4n) is 2.00. The zero-order valence-electron chi connectivity index (χ0n) is 10.8. The number of nitrogens with two attached hydrogens (primary N) is 1. The summed E-state index contributed by atoms with van der Waals surface area (Å²) in [5.74, 6) is 5.71. The van der Waals surface area contributed by atoms with Gasteiger partial charge in [0.15, 0.2) is 0 Å². The number of hydrogen-bond acceptors (Lipinski definition) is 4. The van der Waals surface area contributed by atoms with Gasteiger partial charge < -0.3 is 4.74 Å². The van der Waals surface area contributed by atoms with Gasteiger partial charge in [0.2, 0.25) is 0 Å². The summed E-state index contributed by atoms with van der Waals surface area (Å²) in [5.41, 5.74) is 3.56. The second-order valence-corrected chi connectivity index (χ2v) is 5.32. The predicted octanol–water partition coefficient (Wildman–Crippen LogP) is 3.49. The number of benzene rings is 1. The lowest BCUT2D eigenvalue weighted by atomic mass is 10.0. The van der Waals surface area contributed by atoms with Crippen LogP contribution in [0.15, 0.2) is 41.8 Å². The first-order valence-corrected chi connectivity index (χ1v) is 7.10. The van der Waals surface area contributed by atoms with E-state index >= 15 is 0 Å². The topological polar surface area (TPSA) is 47.3 Å². The highest BCUT2D eigenvalue weighted by Crippen LogP contribution is 2.24. The molecule has 0 amide bonds. The van der Waals surface area contributed by atoms with Crippen molar-refractivity contribution >= 4 is 11.3 Å². The van der Waals surface area contributed by atoms with Gasteiger partial charge in [0.25, 0.3) is 0 Å². The average molecular weight is 298 g/mol. The predicted molar refractivity (Wildman–Crippen MR) is 75.8 cm³/mol. The van der Waals surface area contributed by atoms with Crippen molar-refractivity contribution in [1.29, 1.82) is 0 Å². The molecule has 1 aromatic carbocycles. The molecule has 0 aliphatic heterocycles. The van der Waals surface area contributed by atoms with Crippen LogP contribution in [0.5, 0.6) is 5.75 Å². The molecule has 1 unspecified atom stereocenters. The fraction of sp³-hybridized carbons (Fsp3) is 0.286. The molecule has 0 bridgehead atoms. The molecular formula is C14H16F2N2OS. The molecule has 0 saturated heterocycles. The molecule has 0 saturated carbocycles. The molecular weight excluding hydrogens is 282 g/mol. The zero-order valence-corrected chi connectivity index (χ0v) is 11.6. The van der Waals surface area contributed by atoms with Gasteiger partial charge in [-0.1, -0.05) is 18.2 Å². The van der Waals surface area contributed by atoms with Gasteiger partial charge in [-0.3, -0.25) is 11.3 Å². The van der Waals surface area contributed by atoms with Crippen molar-refractivity contribution in [3.8, 4) is 5.75 Å². The van der Waals surface area contributed by atoms with E-state index in [0.29, 0.717) is 0 Å². The van der Waals surface area contributed by atoms with Crippen LogP contribution in [0.1, 0.15) is 22.9 Å². The molecule has 108 valence electrons. The number of nitrogens with one attached hydrogen (secondary N) is 1. The Balaban J connectivity index is 2.02. The molecule has 0 aliphatic rings. The number of alkyl halides is 2. The molecule has 2 aromatic rings. The van der Waals surface area contributed by atoms with E-state index in [1.165, 1.54) is 10.9 Å². The zero-order chi connectivity index (χ0) is 14.4. The Morgan fingerprint density at radius 1 is 1.25 bits per heavy atom. The summed E-state index contributed by atoms with van der Waals surface area (Å²) in [6.07, 6.45) is 1.67. The van der Waals surface area contributed by atoms with E-state index in [4.69, 9.17) is 5.84 Å². The number of halogens is 2.